The number of fused-ring (bicyclic) bond motifs is 7. The molecule has 0 bridgehead atoms. The number of benzene rings is 2. The van der Waals surface area contributed by atoms with E-state index in [1.807, 2.05) is 30.3 Å². The van der Waals surface area contributed by atoms with Gasteiger partial charge in [-0.15, -0.1) is 0 Å². The van der Waals surface area contributed by atoms with E-state index in [9.17, 15) is 14.4 Å². The van der Waals surface area contributed by atoms with E-state index in [4.69, 9.17) is 0 Å². The summed E-state index contributed by atoms with van der Waals surface area (Å²) in [5, 5.41) is 3.10. The fraction of sp³-hybridized carbons (Fsp3) is 0.375. The fourth-order valence-corrected chi connectivity index (χ4v) is 6.69. The highest BCUT2D eigenvalue weighted by Gasteiger charge is 2.74. The van der Waals surface area contributed by atoms with Gasteiger partial charge in [-0.3, -0.25) is 19.3 Å². The summed E-state index contributed by atoms with van der Waals surface area (Å²) in [5.41, 5.74) is 2.19. The maximum atomic E-state index is 13.9. The minimum atomic E-state index is -1.11. The van der Waals surface area contributed by atoms with Gasteiger partial charge in [0.05, 0.1) is 17.5 Å². The van der Waals surface area contributed by atoms with Crippen LogP contribution >= 0.6 is 15.9 Å². The largest absolute Gasteiger partial charge is 0.324 e. The van der Waals surface area contributed by atoms with Crippen molar-refractivity contribution in [1.82, 2.24) is 4.90 Å². The van der Waals surface area contributed by atoms with Crippen LogP contribution in [0, 0.1) is 11.8 Å². The predicted molar refractivity (Wildman–Crippen MR) is 119 cm³/mol. The molecule has 3 amide bonds. The second-order valence-corrected chi connectivity index (χ2v) is 9.72. The number of halogens is 1. The quantitative estimate of drug-likeness (QED) is 0.669. The molecular weight excluding hydrogens is 458 g/mol. The number of carbonyl (C=O) groups is 3. The van der Waals surface area contributed by atoms with Gasteiger partial charge in [-0.05, 0) is 55.6 Å². The first-order valence-electron chi connectivity index (χ1n) is 10.8. The number of amides is 3. The molecule has 0 aliphatic carbocycles. The first kappa shape index (κ1) is 19.2. The van der Waals surface area contributed by atoms with Crippen molar-refractivity contribution in [2.24, 2.45) is 11.8 Å². The Morgan fingerprint density at radius 1 is 1.10 bits per heavy atom. The van der Waals surface area contributed by atoms with E-state index < -0.39 is 17.4 Å². The highest BCUT2D eigenvalue weighted by Crippen LogP contribution is 2.61. The number of para-hydroxylation sites is 1. The van der Waals surface area contributed by atoms with Gasteiger partial charge >= 0.3 is 0 Å². The average Bonchev–Trinajstić information content (AvgIpc) is 3.47. The Balaban J connectivity index is 1.56. The van der Waals surface area contributed by atoms with Crippen LogP contribution in [-0.2, 0) is 26.3 Å². The van der Waals surface area contributed by atoms with Crippen LogP contribution < -0.4 is 10.2 Å². The molecule has 3 saturated heterocycles. The molecule has 1 spiro atoms. The summed E-state index contributed by atoms with van der Waals surface area (Å²) in [6.07, 6.45) is 2.53. The lowest BCUT2D eigenvalue weighted by Crippen LogP contribution is -2.54. The van der Waals surface area contributed by atoms with Crippen molar-refractivity contribution in [2.75, 3.05) is 16.8 Å². The van der Waals surface area contributed by atoms with Crippen molar-refractivity contribution in [3.63, 3.8) is 0 Å². The number of hydrogen-bond acceptors (Lipinski definition) is 4. The van der Waals surface area contributed by atoms with Crippen LogP contribution in [0.3, 0.4) is 0 Å². The van der Waals surface area contributed by atoms with Crippen LogP contribution in [0.1, 0.15) is 30.9 Å². The van der Waals surface area contributed by atoms with E-state index in [-0.39, 0.29) is 23.8 Å². The highest BCUT2D eigenvalue weighted by molar-refractivity contribution is 9.10. The first-order chi connectivity index (χ1) is 15.0. The van der Waals surface area contributed by atoms with Crippen molar-refractivity contribution in [1.29, 1.82) is 0 Å². The van der Waals surface area contributed by atoms with Crippen LogP contribution in [0.15, 0.2) is 46.9 Å². The smallest absolute Gasteiger partial charge is 0.250 e. The molecule has 0 radical (unpaired) electrons. The maximum absolute atomic E-state index is 13.9. The number of nitrogens with zero attached hydrogens (tertiary/aromatic N) is 2. The lowest BCUT2D eigenvalue weighted by atomic mass is 9.75. The Labute approximate surface area is 188 Å². The van der Waals surface area contributed by atoms with E-state index >= 15 is 0 Å². The fourth-order valence-electron chi connectivity index (χ4n) is 6.43. The zero-order chi connectivity index (χ0) is 21.5. The average molecular weight is 480 g/mol. The minimum absolute atomic E-state index is 0.0936. The summed E-state index contributed by atoms with van der Waals surface area (Å²) in [4.78, 5) is 44.7. The van der Waals surface area contributed by atoms with Gasteiger partial charge < -0.3 is 5.32 Å². The van der Waals surface area contributed by atoms with Gasteiger partial charge in [-0.1, -0.05) is 41.1 Å². The van der Waals surface area contributed by atoms with Gasteiger partial charge in [0.2, 0.25) is 17.7 Å². The van der Waals surface area contributed by atoms with Crippen molar-refractivity contribution in [2.45, 2.75) is 37.8 Å². The molecule has 7 heteroatoms. The van der Waals surface area contributed by atoms with Crippen molar-refractivity contribution < 1.29 is 14.4 Å². The van der Waals surface area contributed by atoms with Gasteiger partial charge in [-0.25, -0.2) is 4.90 Å². The monoisotopic (exact) mass is 479 g/mol. The van der Waals surface area contributed by atoms with Gasteiger partial charge in [0.1, 0.15) is 5.54 Å². The molecule has 0 aromatic heterocycles. The Morgan fingerprint density at radius 3 is 2.61 bits per heavy atom. The van der Waals surface area contributed by atoms with Gasteiger partial charge in [0.15, 0.2) is 0 Å². The normalized spacial score (nSPS) is 31.4. The Hall–Kier alpha value is -2.51. The predicted octanol–water partition coefficient (Wildman–Crippen LogP) is 3.44. The number of rotatable bonds is 2. The standard InChI is InChI=1S/C24H22BrN3O3/c1-2-13-5-3-6-16-20(13)26-23(31)24(16)19-18(17-7-4-12-27(17)24)21(29)28(22(19)30)15-10-8-14(25)9-11-15/h3,5-6,8-11,17-19H,2,4,7,12H2,1H3,(H,26,31). The van der Waals surface area contributed by atoms with Crippen molar-refractivity contribution in [3.8, 4) is 0 Å². The van der Waals surface area contributed by atoms with E-state index in [1.165, 1.54) is 4.90 Å². The third kappa shape index (κ3) is 2.23. The summed E-state index contributed by atoms with van der Waals surface area (Å²) in [6.45, 7) is 2.78. The molecule has 1 N–H and O–H groups in total. The summed E-state index contributed by atoms with van der Waals surface area (Å²) in [5.74, 6) is -1.82. The molecule has 4 unspecified atom stereocenters. The zero-order valence-corrected chi connectivity index (χ0v) is 18.7. The van der Waals surface area contributed by atoms with Crippen LogP contribution in [0.2, 0.25) is 0 Å². The van der Waals surface area contributed by atoms with Crippen molar-refractivity contribution >= 4 is 45.0 Å². The number of aryl methyl sites for hydroxylation is 1. The number of nitrogens with one attached hydrogen (secondary N) is 1. The highest BCUT2D eigenvalue weighted by atomic mass is 79.9. The molecule has 6 nitrogen and oxygen atoms in total. The topological polar surface area (TPSA) is 69.7 Å². The van der Waals surface area contributed by atoms with Crippen molar-refractivity contribution in [3.05, 3.63) is 58.1 Å². The Morgan fingerprint density at radius 2 is 1.87 bits per heavy atom. The molecule has 4 heterocycles. The molecule has 6 rings (SSSR count). The molecule has 0 saturated carbocycles. The summed E-state index contributed by atoms with van der Waals surface area (Å²) < 4.78 is 0.880. The van der Waals surface area contributed by atoms with Gasteiger partial charge in [-0.2, -0.15) is 0 Å². The molecule has 2 aromatic carbocycles. The van der Waals surface area contributed by atoms with E-state index in [1.54, 1.807) is 12.1 Å². The number of hydrogen-bond donors (Lipinski definition) is 1. The third-order valence-corrected chi connectivity index (χ3v) is 8.11. The summed E-state index contributed by atoms with van der Waals surface area (Å²) in [7, 11) is 0. The number of carbonyl (C=O) groups excluding carboxylic acids is 3. The van der Waals surface area contributed by atoms with Gasteiger partial charge in [0, 0.05) is 21.8 Å². The van der Waals surface area contributed by atoms with E-state index in [0.717, 1.165) is 47.1 Å². The van der Waals surface area contributed by atoms with Crippen LogP contribution in [0.5, 0.6) is 0 Å². The molecule has 4 aliphatic rings. The number of anilines is 2. The molecule has 4 atom stereocenters. The molecule has 2 aromatic rings. The lowest BCUT2D eigenvalue weighted by Gasteiger charge is -2.36. The molecular formula is C24H22BrN3O3. The molecule has 31 heavy (non-hydrogen) atoms. The van der Waals surface area contributed by atoms with Crippen LogP contribution in [0.4, 0.5) is 11.4 Å². The Bertz CT molecular complexity index is 1150. The summed E-state index contributed by atoms with van der Waals surface area (Å²) >= 11 is 3.41. The van der Waals surface area contributed by atoms with Gasteiger partial charge in [0.25, 0.3) is 0 Å². The molecule has 3 fully saturated rings. The minimum Gasteiger partial charge on any atom is -0.324 e. The third-order valence-electron chi connectivity index (χ3n) is 7.58. The first-order valence-corrected chi connectivity index (χ1v) is 11.6. The Kier molecular flexibility index (Phi) is 4.02. The van der Waals surface area contributed by atoms with Crippen LogP contribution in [0.25, 0.3) is 0 Å². The second kappa shape index (κ2) is 6.50. The summed E-state index contributed by atoms with van der Waals surface area (Å²) in [6, 6.07) is 13.1. The SMILES string of the molecule is CCc1cccc2c1NC(=O)C21C2C(=O)N(c3ccc(Br)cc3)C(=O)C2C2CCCN21. The molecule has 158 valence electrons. The maximum Gasteiger partial charge on any atom is 0.250 e. The second-order valence-electron chi connectivity index (χ2n) is 8.81. The zero-order valence-electron chi connectivity index (χ0n) is 17.1. The molecule has 4 aliphatic heterocycles. The van der Waals surface area contributed by atoms with E-state index in [0.29, 0.717) is 5.69 Å². The number of imide groups is 1. The lowest BCUT2D eigenvalue weighted by molar-refractivity contribution is -0.135. The van der Waals surface area contributed by atoms with Crippen LogP contribution in [-0.4, -0.2) is 35.2 Å². The van der Waals surface area contributed by atoms with E-state index in [2.05, 4.69) is 33.1 Å².